The van der Waals surface area contributed by atoms with E-state index in [-0.39, 0.29) is 6.54 Å². The van der Waals surface area contributed by atoms with E-state index >= 15 is 0 Å². The van der Waals surface area contributed by atoms with Gasteiger partial charge in [-0.05, 0) is 19.8 Å². The third-order valence-corrected chi connectivity index (χ3v) is 3.09. The van der Waals surface area contributed by atoms with Gasteiger partial charge in [-0.1, -0.05) is 0 Å². The number of sulfonamides is 1. The van der Waals surface area contributed by atoms with Crippen LogP contribution in [-0.4, -0.2) is 43.0 Å². The van der Waals surface area contributed by atoms with Gasteiger partial charge < -0.3 is 10.2 Å². The van der Waals surface area contributed by atoms with Gasteiger partial charge in [-0.3, -0.25) is 4.79 Å². The molecule has 0 saturated heterocycles. The number of hydrogen-bond donors (Lipinski definition) is 3. The molecule has 0 aromatic carbocycles. The average molecular weight is 239 g/mol. The zero-order valence-electron chi connectivity index (χ0n) is 8.64. The largest absolute Gasteiger partial charge is 0.481 e. The molecule has 7 heteroatoms. The minimum atomic E-state index is -3.49. The second-order valence-corrected chi connectivity index (χ2v) is 5.27. The number of aliphatic hydroxyl groups is 1. The Bertz CT molecular complexity index is 285. The maximum absolute atomic E-state index is 11.1. The smallest absolute Gasteiger partial charge is 0.304 e. The number of carboxylic acid groups (broad SMARTS) is 1. The van der Waals surface area contributed by atoms with Crippen molar-refractivity contribution in [2.24, 2.45) is 0 Å². The minimum Gasteiger partial charge on any atom is -0.481 e. The van der Waals surface area contributed by atoms with Crippen LogP contribution >= 0.6 is 0 Å². The molecule has 0 aliphatic carbocycles. The molecular formula is C8H17NO5S. The number of carboxylic acids is 1. The SMILES string of the molecule is CC(O)CCCNS(=O)(=O)CCC(=O)O. The van der Waals surface area contributed by atoms with Crippen LogP contribution in [-0.2, 0) is 14.8 Å². The van der Waals surface area contributed by atoms with Crippen molar-refractivity contribution in [3.05, 3.63) is 0 Å². The van der Waals surface area contributed by atoms with Crippen LogP contribution in [0.4, 0.5) is 0 Å². The van der Waals surface area contributed by atoms with Gasteiger partial charge in [-0.25, -0.2) is 13.1 Å². The standard InChI is InChI=1S/C8H17NO5S/c1-7(10)3-2-5-9-15(13,14)6-4-8(11)12/h7,9-10H,2-6H2,1H3,(H,11,12). The molecular weight excluding hydrogens is 222 g/mol. The summed E-state index contributed by atoms with van der Waals surface area (Å²) in [5.74, 6) is -1.54. The summed E-state index contributed by atoms with van der Waals surface area (Å²) in [7, 11) is -3.49. The lowest BCUT2D eigenvalue weighted by atomic mass is 10.2. The quantitative estimate of drug-likeness (QED) is 0.497. The third-order valence-electron chi connectivity index (χ3n) is 1.71. The van der Waals surface area contributed by atoms with E-state index in [1.165, 1.54) is 0 Å². The first-order valence-electron chi connectivity index (χ1n) is 4.70. The molecule has 0 bridgehead atoms. The molecule has 0 aliphatic heterocycles. The highest BCUT2D eigenvalue weighted by atomic mass is 32.2. The molecule has 3 N–H and O–H groups in total. The molecule has 6 nitrogen and oxygen atoms in total. The number of carbonyl (C=O) groups is 1. The van der Waals surface area contributed by atoms with Crippen LogP contribution in [0, 0.1) is 0 Å². The molecule has 0 saturated carbocycles. The summed E-state index contributed by atoms with van der Waals surface area (Å²) in [4.78, 5) is 10.1. The number of hydrogen-bond acceptors (Lipinski definition) is 4. The van der Waals surface area contributed by atoms with Gasteiger partial charge in [0.25, 0.3) is 0 Å². The zero-order valence-corrected chi connectivity index (χ0v) is 9.46. The van der Waals surface area contributed by atoms with Gasteiger partial charge in [-0.15, -0.1) is 0 Å². The molecule has 1 unspecified atom stereocenters. The maximum atomic E-state index is 11.1. The van der Waals surface area contributed by atoms with E-state index in [4.69, 9.17) is 10.2 Å². The summed E-state index contributed by atoms with van der Waals surface area (Å²) in [6.45, 7) is 1.85. The summed E-state index contributed by atoms with van der Waals surface area (Å²) in [5, 5.41) is 17.2. The van der Waals surface area contributed by atoms with Crippen molar-refractivity contribution in [3.8, 4) is 0 Å². The Labute approximate surface area is 89.4 Å². The minimum absolute atomic E-state index is 0.229. The Balaban J connectivity index is 3.70. The van der Waals surface area contributed by atoms with Crippen LogP contribution in [0.25, 0.3) is 0 Å². The first kappa shape index (κ1) is 14.3. The molecule has 0 aliphatic rings. The predicted octanol–water partition coefficient (Wildman–Crippen LogP) is -0.458. The van der Waals surface area contributed by atoms with Crippen LogP contribution in [0.2, 0.25) is 0 Å². The van der Waals surface area contributed by atoms with Gasteiger partial charge in [0, 0.05) is 6.54 Å². The van der Waals surface area contributed by atoms with Crippen molar-refractivity contribution < 1.29 is 23.4 Å². The second kappa shape index (κ2) is 6.76. The second-order valence-electron chi connectivity index (χ2n) is 3.35. The van der Waals surface area contributed by atoms with Crippen molar-refractivity contribution in [1.82, 2.24) is 4.72 Å². The van der Waals surface area contributed by atoms with Gasteiger partial charge in [0.05, 0.1) is 18.3 Å². The monoisotopic (exact) mass is 239 g/mol. The molecule has 0 aromatic rings. The van der Waals surface area contributed by atoms with Crippen LogP contribution in [0.3, 0.4) is 0 Å². The predicted molar refractivity (Wildman–Crippen MR) is 55.0 cm³/mol. The van der Waals surface area contributed by atoms with Crippen LogP contribution in [0.5, 0.6) is 0 Å². The van der Waals surface area contributed by atoms with E-state index in [1.54, 1.807) is 6.92 Å². The fourth-order valence-electron chi connectivity index (χ4n) is 0.919. The van der Waals surface area contributed by atoms with E-state index < -0.39 is 34.3 Å². The highest BCUT2D eigenvalue weighted by Gasteiger charge is 2.11. The Morgan fingerprint density at radius 2 is 2.07 bits per heavy atom. The summed E-state index contributed by atoms with van der Waals surface area (Å²) < 4.78 is 24.6. The van der Waals surface area contributed by atoms with Gasteiger partial charge >= 0.3 is 5.97 Å². The fourth-order valence-corrected chi connectivity index (χ4v) is 1.96. The lowest BCUT2D eigenvalue weighted by Crippen LogP contribution is -2.28. The van der Waals surface area contributed by atoms with Crippen LogP contribution in [0.1, 0.15) is 26.2 Å². The Hall–Kier alpha value is -0.660. The number of rotatable bonds is 8. The van der Waals surface area contributed by atoms with Crippen molar-refractivity contribution in [2.45, 2.75) is 32.3 Å². The number of aliphatic carboxylic acids is 1. The number of nitrogens with one attached hydrogen (secondary N) is 1. The van der Waals surface area contributed by atoms with E-state index in [0.717, 1.165) is 0 Å². The Morgan fingerprint density at radius 3 is 2.53 bits per heavy atom. The lowest BCUT2D eigenvalue weighted by Gasteiger charge is -2.06. The van der Waals surface area contributed by atoms with Crippen LogP contribution in [0.15, 0.2) is 0 Å². The van der Waals surface area contributed by atoms with Crippen molar-refractivity contribution in [3.63, 3.8) is 0 Å². The zero-order chi connectivity index (χ0) is 11.9. The molecule has 0 amide bonds. The van der Waals surface area contributed by atoms with E-state index in [9.17, 15) is 13.2 Å². The maximum Gasteiger partial charge on any atom is 0.304 e. The van der Waals surface area contributed by atoms with Gasteiger partial charge in [0.15, 0.2) is 0 Å². The van der Waals surface area contributed by atoms with Crippen LogP contribution < -0.4 is 4.72 Å². The van der Waals surface area contributed by atoms with Gasteiger partial charge in [0.2, 0.25) is 10.0 Å². The van der Waals surface area contributed by atoms with E-state index in [1.807, 2.05) is 0 Å². The molecule has 0 spiro atoms. The summed E-state index contributed by atoms with van der Waals surface area (Å²) in [5.41, 5.74) is 0. The molecule has 1 atom stereocenters. The molecule has 15 heavy (non-hydrogen) atoms. The average Bonchev–Trinajstić information content (AvgIpc) is 2.09. The fraction of sp³-hybridized carbons (Fsp3) is 0.875. The highest BCUT2D eigenvalue weighted by molar-refractivity contribution is 7.89. The highest BCUT2D eigenvalue weighted by Crippen LogP contribution is 1.95. The Kier molecular flexibility index (Phi) is 6.46. The van der Waals surface area contributed by atoms with Gasteiger partial charge in [0.1, 0.15) is 0 Å². The summed E-state index contributed by atoms with van der Waals surface area (Å²) >= 11 is 0. The molecule has 90 valence electrons. The van der Waals surface area contributed by atoms with Crippen molar-refractivity contribution in [2.75, 3.05) is 12.3 Å². The normalized spacial score (nSPS) is 13.7. The number of aliphatic hydroxyl groups excluding tert-OH is 1. The molecule has 0 rings (SSSR count). The molecule has 0 aromatic heterocycles. The van der Waals surface area contributed by atoms with Crippen molar-refractivity contribution >= 4 is 16.0 Å². The van der Waals surface area contributed by atoms with E-state index in [0.29, 0.717) is 12.8 Å². The molecule has 0 radical (unpaired) electrons. The van der Waals surface area contributed by atoms with E-state index in [2.05, 4.69) is 4.72 Å². The third kappa shape index (κ3) is 9.64. The summed E-state index contributed by atoms with van der Waals surface area (Å²) in [6, 6.07) is 0. The first-order valence-corrected chi connectivity index (χ1v) is 6.36. The molecule has 0 fully saturated rings. The topological polar surface area (TPSA) is 104 Å². The van der Waals surface area contributed by atoms with Gasteiger partial charge in [-0.2, -0.15) is 0 Å². The Morgan fingerprint density at radius 1 is 1.47 bits per heavy atom. The van der Waals surface area contributed by atoms with Crippen molar-refractivity contribution in [1.29, 1.82) is 0 Å². The summed E-state index contributed by atoms with van der Waals surface area (Å²) in [6.07, 6.45) is 0.200. The first-order chi connectivity index (χ1) is 6.83. The molecule has 0 heterocycles. The lowest BCUT2D eigenvalue weighted by molar-refractivity contribution is -0.136.